The first-order valence-electron chi connectivity index (χ1n) is 6.56. The largest absolute Gasteiger partial charge is 0.465 e. The van der Waals surface area contributed by atoms with Gasteiger partial charge in [0.2, 0.25) is 0 Å². The van der Waals surface area contributed by atoms with Gasteiger partial charge in [-0.25, -0.2) is 0 Å². The van der Waals surface area contributed by atoms with E-state index in [-0.39, 0.29) is 11.4 Å². The van der Waals surface area contributed by atoms with Crippen molar-refractivity contribution in [1.29, 1.82) is 0 Å². The predicted octanol–water partition coefficient (Wildman–Crippen LogP) is 3.60. The number of ether oxygens (including phenoxy) is 1. The number of hydrogen-bond acceptors (Lipinski definition) is 3. The van der Waals surface area contributed by atoms with Crippen LogP contribution in [0.3, 0.4) is 0 Å². The fourth-order valence-electron chi connectivity index (χ4n) is 1.47. The molecule has 0 spiro atoms. The summed E-state index contributed by atoms with van der Waals surface area (Å²) in [5, 5.41) is 0. The molecular formula is C13H28O3Si. The fourth-order valence-corrected chi connectivity index (χ4v) is 3.39. The monoisotopic (exact) mass is 260 g/mol. The van der Waals surface area contributed by atoms with E-state index in [4.69, 9.17) is 9.16 Å². The second-order valence-electron chi connectivity index (χ2n) is 5.67. The minimum atomic E-state index is -1.52. The molecule has 102 valence electrons. The average molecular weight is 260 g/mol. The van der Waals surface area contributed by atoms with Crippen molar-refractivity contribution in [3.8, 4) is 0 Å². The zero-order chi connectivity index (χ0) is 13.5. The standard InChI is InChI=1S/C13H28O3Si/c1-7-13(3,4)12(14)15-10-9-11-17(5,6)16-8-2/h7-11H2,1-6H3. The van der Waals surface area contributed by atoms with Gasteiger partial charge in [0.1, 0.15) is 0 Å². The summed E-state index contributed by atoms with van der Waals surface area (Å²) in [4.78, 5) is 11.7. The van der Waals surface area contributed by atoms with E-state index in [9.17, 15) is 4.79 Å². The van der Waals surface area contributed by atoms with E-state index in [0.29, 0.717) is 6.61 Å². The molecule has 0 atom stereocenters. The van der Waals surface area contributed by atoms with Crippen molar-refractivity contribution in [1.82, 2.24) is 0 Å². The van der Waals surface area contributed by atoms with Gasteiger partial charge in [-0.05, 0) is 52.8 Å². The molecule has 0 aromatic heterocycles. The molecule has 0 radical (unpaired) electrons. The van der Waals surface area contributed by atoms with Crippen molar-refractivity contribution >= 4 is 14.3 Å². The van der Waals surface area contributed by atoms with E-state index < -0.39 is 8.32 Å². The number of rotatable bonds is 8. The van der Waals surface area contributed by atoms with Crippen molar-refractivity contribution in [2.45, 2.75) is 59.7 Å². The van der Waals surface area contributed by atoms with Crippen molar-refractivity contribution in [2.75, 3.05) is 13.2 Å². The maximum absolute atomic E-state index is 11.7. The second kappa shape index (κ2) is 7.16. The molecule has 0 saturated heterocycles. The summed E-state index contributed by atoms with van der Waals surface area (Å²) in [6.07, 6.45) is 1.72. The highest BCUT2D eigenvalue weighted by atomic mass is 28.4. The summed E-state index contributed by atoms with van der Waals surface area (Å²) in [6, 6.07) is 1.04. The molecule has 0 unspecified atom stereocenters. The lowest BCUT2D eigenvalue weighted by atomic mass is 9.91. The normalized spacial score (nSPS) is 12.6. The van der Waals surface area contributed by atoms with Crippen LogP contribution in [0.4, 0.5) is 0 Å². The third-order valence-corrected chi connectivity index (χ3v) is 5.76. The fraction of sp³-hybridized carbons (Fsp3) is 0.923. The molecule has 0 heterocycles. The highest BCUT2D eigenvalue weighted by molar-refractivity contribution is 6.71. The van der Waals surface area contributed by atoms with Gasteiger partial charge in [-0.1, -0.05) is 6.92 Å². The van der Waals surface area contributed by atoms with Crippen LogP contribution >= 0.6 is 0 Å². The van der Waals surface area contributed by atoms with E-state index in [0.717, 1.165) is 25.5 Å². The first-order chi connectivity index (χ1) is 7.75. The molecule has 0 rings (SSSR count). The molecule has 17 heavy (non-hydrogen) atoms. The first kappa shape index (κ1) is 16.6. The van der Waals surface area contributed by atoms with Gasteiger partial charge in [0.25, 0.3) is 0 Å². The van der Waals surface area contributed by atoms with Gasteiger partial charge < -0.3 is 9.16 Å². The Morgan fingerprint density at radius 3 is 2.29 bits per heavy atom. The molecule has 0 aromatic rings. The van der Waals surface area contributed by atoms with Crippen LogP contribution < -0.4 is 0 Å². The molecule has 0 aliphatic heterocycles. The highest BCUT2D eigenvalue weighted by Gasteiger charge is 2.27. The molecule has 0 amide bonds. The van der Waals surface area contributed by atoms with Crippen LogP contribution in [0.5, 0.6) is 0 Å². The maximum Gasteiger partial charge on any atom is 0.311 e. The van der Waals surface area contributed by atoms with E-state index in [1.54, 1.807) is 0 Å². The molecular weight excluding hydrogens is 232 g/mol. The second-order valence-corrected chi connectivity index (χ2v) is 9.98. The van der Waals surface area contributed by atoms with Gasteiger partial charge in [-0.15, -0.1) is 0 Å². The molecule has 3 nitrogen and oxygen atoms in total. The lowest BCUT2D eigenvalue weighted by molar-refractivity contribution is -0.154. The number of carbonyl (C=O) groups excluding carboxylic acids is 1. The van der Waals surface area contributed by atoms with Crippen LogP contribution in [-0.4, -0.2) is 27.5 Å². The molecule has 0 aromatic carbocycles. The minimum absolute atomic E-state index is 0.0871. The highest BCUT2D eigenvalue weighted by Crippen LogP contribution is 2.22. The van der Waals surface area contributed by atoms with Crippen LogP contribution in [0.15, 0.2) is 0 Å². The van der Waals surface area contributed by atoms with Gasteiger partial charge in [0, 0.05) is 6.61 Å². The van der Waals surface area contributed by atoms with E-state index in [2.05, 4.69) is 13.1 Å². The summed E-state index contributed by atoms with van der Waals surface area (Å²) in [5.41, 5.74) is -0.354. The molecule has 0 saturated carbocycles. The molecule has 0 aliphatic rings. The van der Waals surface area contributed by atoms with Crippen molar-refractivity contribution in [2.24, 2.45) is 5.41 Å². The Labute approximate surface area is 107 Å². The molecule has 0 N–H and O–H groups in total. The van der Waals surface area contributed by atoms with Crippen molar-refractivity contribution in [3.05, 3.63) is 0 Å². The van der Waals surface area contributed by atoms with Gasteiger partial charge in [0.05, 0.1) is 12.0 Å². The SMILES string of the molecule is CCO[Si](C)(C)CCCOC(=O)C(C)(C)CC. The van der Waals surface area contributed by atoms with Crippen LogP contribution in [0, 0.1) is 5.41 Å². The summed E-state index contributed by atoms with van der Waals surface area (Å²) >= 11 is 0. The van der Waals surface area contributed by atoms with Gasteiger partial charge in [-0.2, -0.15) is 0 Å². The third kappa shape index (κ3) is 6.84. The van der Waals surface area contributed by atoms with Crippen molar-refractivity contribution in [3.63, 3.8) is 0 Å². The van der Waals surface area contributed by atoms with Gasteiger partial charge in [-0.3, -0.25) is 4.79 Å². The third-order valence-electron chi connectivity index (χ3n) is 3.13. The Kier molecular flexibility index (Phi) is 7.01. The van der Waals surface area contributed by atoms with Crippen LogP contribution in [0.1, 0.15) is 40.5 Å². The van der Waals surface area contributed by atoms with E-state index in [1.807, 2.05) is 27.7 Å². The Balaban J connectivity index is 3.83. The van der Waals surface area contributed by atoms with E-state index >= 15 is 0 Å². The van der Waals surface area contributed by atoms with Gasteiger partial charge in [0.15, 0.2) is 8.32 Å². The maximum atomic E-state index is 11.7. The lowest BCUT2D eigenvalue weighted by Crippen LogP contribution is -2.31. The minimum Gasteiger partial charge on any atom is -0.465 e. The zero-order valence-electron chi connectivity index (χ0n) is 12.3. The quantitative estimate of drug-likeness (QED) is 0.380. The van der Waals surface area contributed by atoms with Crippen LogP contribution in [0.25, 0.3) is 0 Å². The molecule has 0 aliphatic carbocycles. The Bertz CT molecular complexity index is 237. The Morgan fingerprint density at radius 1 is 1.24 bits per heavy atom. The Hall–Kier alpha value is -0.353. The first-order valence-corrected chi connectivity index (χ1v) is 9.68. The molecule has 0 bridgehead atoms. The van der Waals surface area contributed by atoms with E-state index in [1.165, 1.54) is 0 Å². The predicted molar refractivity (Wildman–Crippen MR) is 73.6 cm³/mol. The van der Waals surface area contributed by atoms with Crippen LogP contribution in [-0.2, 0) is 14.0 Å². The van der Waals surface area contributed by atoms with Crippen molar-refractivity contribution < 1.29 is 14.0 Å². The lowest BCUT2D eigenvalue weighted by Gasteiger charge is -2.23. The number of carbonyl (C=O) groups is 1. The van der Waals surface area contributed by atoms with Crippen LogP contribution in [0.2, 0.25) is 19.1 Å². The Morgan fingerprint density at radius 2 is 1.82 bits per heavy atom. The average Bonchev–Trinajstić information content (AvgIpc) is 2.24. The molecule has 4 heteroatoms. The molecule has 0 fully saturated rings. The summed E-state index contributed by atoms with van der Waals surface area (Å²) in [7, 11) is -1.52. The topological polar surface area (TPSA) is 35.5 Å². The summed E-state index contributed by atoms with van der Waals surface area (Å²) < 4.78 is 11.0. The number of hydrogen-bond donors (Lipinski definition) is 0. The smallest absolute Gasteiger partial charge is 0.311 e. The zero-order valence-corrected chi connectivity index (χ0v) is 13.3. The summed E-state index contributed by atoms with van der Waals surface area (Å²) in [6.45, 7) is 13.6. The van der Waals surface area contributed by atoms with Gasteiger partial charge >= 0.3 is 5.97 Å². The summed E-state index contributed by atoms with van der Waals surface area (Å²) in [5.74, 6) is -0.0871. The number of esters is 1.